The number of benzene rings is 1. The second-order valence-corrected chi connectivity index (χ2v) is 5.37. The largest absolute Gasteiger partial charge is 0.322 e. The third-order valence-electron chi connectivity index (χ3n) is 3.93. The van der Waals surface area contributed by atoms with Crippen molar-refractivity contribution in [3.05, 3.63) is 69.8 Å². The van der Waals surface area contributed by atoms with Crippen molar-refractivity contribution in [3.63, 3.8) is 0 Å². The molecule has 3 rings (SSSR count). The number of H-pyrrole nitrogens is 1. The maximum absolute atomic E-state index is 12.2. The van der Waals surface area contributed by atoms with Gasteiger partial charge in [-0.3, -0.25) is 14.6 Å². The number of hydrogen-bond acceptors (Lipinski definition) is 3. The van der Waals surface area contributed by atoms with E-state index in [1.54, 1.807) is 24.4 Å². The van der Waals surface area contributed by atoms with Crippen LogP contribution in [0.1, 0.15) is 28.4 Å². The number of aromatic amines is 1. The molecule has 1 aromatic carbocycles. The molecule has 0 aliphatic rings. The zero-order valence-electron chi connectivity index (χ0n) is 13.0. The molecule has 5 heteroatoms. The number of pyridine rings is 2. The molecule has 0 unspecified atom stereocenters. The molecule has 2 heterocycles. The smallest absolute Gasteiger partial charge is 0.257 e. The van der Waals surface area contributed by atoms with Crippen LogP contribution in [0.5, 0.6) is 0 Å². The van der Waals surface area contributed by atoms with Gasteiger partial charge >= 0.3 is 0 Å². The van der Waals surface area contributed by atoms with Gasteiger partial charge in [0.15, 0.2) is 0 Å². The molecule has 0 saturated carbocycles. The lowest BCUT2D eigenvalue weighted by molar-refractivity contribution is 0.102. The van der Waals surface area contributed by atoms with Crippen LogP contribution in [-0.4, -0.2) is 15.9 Å². The fourth-order valence-electron chi connectivity index (χ4n) is 2.71. The number of nitrogens with zero attached hydrogens (tertiary/aromatic N) is 1. The first-order valence-corrected chi connectivity index (χ1v) is 7.47. The number of aromatic nitrogens is 2. The number of fused-ring (bicyclic) bond motifs is 1. The first kappa shape index (κ1) is 15.0. The molecular weight excluding hydrogens is 290 g/mol. The van der Waals surface area contributed by atoms with Gasteiger partial charge in [0.05, 0.1) is 11.1 Å². The molecule has 0 radical (unpaired) electrons. The lowest BCUT2D eigenvalue weighted by atomic mass is 10.0. The van der Waals surface area contributed by atoms with E-state index in [4.69, 9.17) is 0 Å². The molecule has 0 saturated heterocycles. The minimum atomic E-state index is -0.235. The maximum Gasteiger partial charge on any atom is 0.257 e. The summed E-state index contributed by atoms with van der Waals surface area (Å²) in [6, 6.07) is 8.93. The van der Waals surface area contributed by atoms with E-state index >= 15 is 0 Å². The Kier molecular flexibility index (Phi) is 3.93. The Labute approximate surface area is 133 Å². The van der Waals surface area contributed by atoms with E-state index in [0.717, 1.165) is 16.5 Å². The molecule has 0 aliphatic carbocycles. The Morgan fingerprint density at radius 2 is 2.13 bits per heavy atom. The Bertz CT molecular complexity index is 930. The van der Waals surface area contributed by atoms with Crippen LogP contribution in [0.3, 0.4) is 0 Å². The summed E-state index contributed by atoms with van der Waals surface area (Å²) in [7, 11) is 0. The molecule has 5 nitrogen and oxygen atoms in total. The summed E-state index contributed by atoms with van der Waals surface area (Å²) in [5.74, 6) is -0.235. The van der Waals surface area contributed by atoms with Gasteiger partial charge in [-0.1, -0.05) is 13.0 Å². The lowest BCUT2D eigenvalue weighted by Gasteiger charge is -2.10. The van der Waals surface area contributed by atoms with Crippen molar-refractivity contribution in [3.8, 4) is 0 Å². The number of nitrogens with one attached hydrogen (secondary N) is 2. The van der Waals surface area contributed by atoms with Gasteiger partial charge in [0.1, 0.15) is 0 Å². The van der Waals surface area contributed by atoms with Crippen molar-refractivity contribution in [2.24, 2.45) is 0 Å². The quantitative estimate of drug-likeness (QED) is 0.781. The summed E-state index contributed by atoms with van der Waals surface area (Å²) in [5.41, 5.74) is 3.53. The monoisotopic (exact) mass is 307 g/mol. The van der Waals surface area contributed by atoms with E-state index < -0.39 is 0 Å². The van der Waals surface area contributed by atoms with E-state index in [9.17, 15) is 9.59 Å². The summed E-state index contributed by atoms with van der Waals surface area (Å²) in [6.45, 7) is 3.91. The molecule has 116 valence electrons. The summed E-state index contributed by atoms with van der Waals surface area (Å²) in [4.78, 5) is 31.1. The van der Waals surface area contributed by atoms with Gasteiger partial charge in [-0.2, -0.15) is 0 Å². The van der Waals surface area contributed by atoms with Gasteiger partial charge in [0.2, 0.25) is 0 Å². The van der Waals surface area contributed by atoms with Gasteiger partial charge in [0.25, 0.3) is 11.5 Å². The predicted molar refractivity (Wildman–Crippen MR) is 90.9 cm³/mol. The summed E-state index contributed by atoms with van der Waals surface area (Å²) in [5, 5.41) is 3.80. The van der Waals surface area contributed by atoms with Crippen molar-refractivity contribution in [1.29, 1.82) is 0 Å². The van der Waals surface area contributed by atoms with Crippen molar-refractivity contribution in [2.75, 3.05) is 5.32 Å². The highest BCUT2D eigenvalue weighted by Gasteiger charge is 2.10. The number of amides is 1. The molecule has 0 fully saturated rings. The fourth-order valence-corrected chi connectivity index (χ4v) is 2.71. The molecule has 2 aromatic heterocycles. The zero-order valence-corrected chi connectivity index (χ0v) is 13.0. The molecule has 23 heavy (non-hydrogen) atoms. The topological polar surface area (TPSA) is 74.8 Å². The number of anilines is 1. The molecule has 0 spiro atoms. The van der Waals surface area contributed by atoms with E-state index in [1.807, 2.05) is 26.0 Å². The zero-order chi connectivity index (χ0) is 16.4. The predicted octanol–water partition coefficient (Wildman–Crippen LogP) is 3.05. The number of hydrogen-bond donors (Lipinski definition) is 2. The summed E-state index contributed by atoms with van der Waals surface area (Å²) in [6.07, 6.45) is 3.82. The maximum atomic E-state index is 12.2. The first-order valence-electron chi connectivity index (χ1n) is 7.47. The highest BCUT2D eigenvalue weighted by Crippen LogP contribution is 2.21. The standard InChI is InChI=1S/C18H17N3O2/c1-3-14-11(2)15-7-6-13(9-16(15)21-18(14)23)20-17(22)12-5-4-8-19-10-12/h4-10H,3H2,1-2H3,(H,20,22)(H,21,23). The van der Waals surface area contributed by atoms with Gasteiger partial charge in [-0.25, -0.2) is 0 Å². The minimum Gasteiger partial charge on any atom is -0.322 e. The molecular formula is C18H17N3O2. The first-order chi connectivity index (χ1) is 11.1. The van der Waals surface area contributed by atoms with Gasteiger partial charge in [0, 0.05) is 29.0 Å². The SMILES string of the molecule is CCc1c(C)c2ccc(NC(=O)c3cccnc3)cc2[nH]c1=O. The third kappa shape index (κ3) is 2.85. The number of carbonyl (C=O) groups excluding carboxylic acids is 1. The number of aryl methyl sites for hydroxylation is 1. The van der Waals surface area contributed by atoms with Crippen molar-refractivity contribution >= 4 is 22.5 Å². The van der Waals surface area contributed by atoms with E-state index in [0.29, 0.717) is 23.2 Å². The van der Waals surface area contributed by atoms with Crippen LogP contribution in [0.2, 0.25) is 0 Å². The fraction of sp³-hybridized carbons (Fsp3) is 0.167. The summed E-state index contributed by atoms with van der Waals surface area (Å²) < 4.78 is 0. The Morgan fingerprint density at radius 1 is 1.30 bits per heavy atom. The molecule has 0 bridgehead atoms. The average Bonchev–Trinajstić information content (AvgIpc) is 2.55. The number of rotatable bonds is 3. The molecule has 0 atom stereocenters. The van der Waals surface area contributed by atoms with Crippen LogP contribution in [0.25, 0.3) is 10.9 Å². The van der Waals surface area contributed by atoms with Gasteiger partial charge in [-0.05, 0) is 43.2 Å². The Hall–Kier alpha value is -2.95. The minimum absolute atomic E-state index is 0.0757. The molecule has 2 N–H and O–H groups in total. The Morgan fingerprint density at radius 3 is 2.83 bits per heavy atom. The van der Waals surface area contributed by atoms with Crippen LogP contribution in [-0.2, 0) is 6.42 Å². The Balaban J connectivity index is 1.98. The van der Waals surface area contributed by atoms with Crippen LogP contribution in [0.4, 0.5) is 5.69 Å². The van der Waals surface area contributed by atoms with Crippen LogP contribution in [0.15, 0.2) is 47.5 Å². The second kappa shape index (κ2) is 6.04. The summed E-state index contributed by atoms with van der Waals surface area (Å²) >= 11 is 0. The van der Waals surface area contributed by atoms with Crippen LogP contribution < -0.4 is 10.9 Å². The van der Waals surface area contributed by atoms with Crippen LogP contribution >= 0.6 is 0 Å². The van der Waals surface area contributed by atoms with Gasteiger partial charge < -0.3 is 10.3 Å². The van der Waals surface area contributed by atoms with Gasteiger partial charge in [-0.15, -0.1) is 0 Å². The normalized spacial score (nSPS) is 10.7. The van der Waals surface area contributed by atoms with Crippen molar-refractivity contribution in [2.45, 2.75) is 20.3 Å². The average molecular weight is 307 g/mol. The second-order valence-electron chi connectivity index (χ2n) is 5.37. The highest BCUT2D eigenvalue weighted by molar-refractivity contribution is 6.04. The third-order valence-corrected chi connectivity index (χ3v) is 3.93. The lowest BCUT2D eigenvalue weighted by Crippen LogP contribution is -2.15. The van der Waals surface area contributed by atoms with Crippen molar-refractivity contribution in [1.82, 2.24) is 9.97 Å². The molecule has 0 aliphatic heterocycles. The van der Waals surface area contributed by atoms with Crippen LogP contribution in [0, 0.1) is 6.92 Å². The van der Waals surface area contributed by atoms with E-state index in [2.05, 4.69) is 15.3 Å². The molecule has 1 amide bonds. The van der Waals surface area contributed by atoms with E-state index in [1.165, 1.54) is 6.20 Å². The molecule has 3 aromatic rings. The van der Waals surface area contributed by atoms with E-state index in [-0.39, 0.29) is 11.5 Å². The number of carbonyl (C=O) groups is 1. The highest BCUT2D eigenvalue weighted by atomic mass is 16.1. The van der Waals surface area contributed by atoms with Crippen molar-refractivity contribution < 1.29 is 4.79 Å².